The fraction of sp³-hybridized carbons (Fsp3) is 0. The smallest absolute Gasteiger partial charge is 0.416 e. The van der Waals surface area contributed by atoms with Crippen LogP contribution in [0.25, 0.3) is 0 Å². The molecule has 0 aromatic heterocycles. The molecule has 0 saturated carbocycles. The van der Waals surface area contributed by atoms with Gasteiger partial charge in [-0.3, -0.25) is 0 Å². The van der Waals surface area contributed by atoms with Crippen molar-refractivity contribution in [2.75, 3.05) is 15.5 Å². The van der Waals surface area contributed by atoms with Gasteiger partial charge in [0, 0.05) is 21.4 Å². The molecule has 0 aliphatic carbocycles. The van der Waals surface area contributed by atoms with Crippen molar-refractivity contribution in [3.63, 3.8) is 0 Å². The van der Waals surface area contributed by atoms with Gasteiger partial charge in [-0.15, -0.1) is 0 Å². The van der Waals surface area contributed by atoms with Gasteiger partial charge < -0.3 is 15.7 Å². The predicted octanol–water partition coefficient (Wildman–Crippen LogP) is 6.45. The summed E-state index contributed by atoms with van der Waals surface area (Å²) in [6.07, 6.45) is -1.18. The number of anilines is 4. The molecule has 0 atom stereocenters. The predicted molar refractivity (Wildman–Crippen MR) is 112 cm³/mol. The second-order valence-electron chi connectivity index (χ2n) is 5.74. The van der Waals surface area contributed by atoms with Crippen LogP contribution in [0.1, 0.15) is 0 Å². The molecule has 0 saturated heterocycles. The fourth-order valence-corrected chi connectivity index (χ4v) is 2.94. The Morgan fingerprint density at radius 3 is 1.82 bits per heavy atom. The summed E-state index contributed by atoms with van der Waals surface area (Å²) in [5, 5.41) is 15.9. The minimum absolute atomic E-state index is 0.357. The number of nitrogens with one attached hydrogen (secondary N) is 2. The average Bonchev–Trinajstić information content (AvgIpc) is 2.62. The van der Waals surface area contributed by atoms with Gasteiger partial charge in [0.25, 0.3) is 0 Å². The molecular formula is C20H15Cl2N3O3. The van der Waals surface area contributed by atoms with Crippen LogP contribution in [0.15, 0.2) is 72.8 Å². The van der Waals surface area contributed by atoms with Gasteiger partial charge in [-0.05, 0) is 54.6 Å². The zero-order chi connectivity index (χ0) is 20.1. The molecule has 0 aliphatic rings. The molecule has 6 nitrogen and oxygen atoms in total. The molecule has 0 spiro atoms. The van der Waals surface area contributed by atoms with Crippen molar-refractivity contribution in [1.82, 2.24) is 0 Å². The van der Waals surface area contributed by atoms with E-state index in [0.29, 0.717) is 32.8 Å². The highest BCUT2D eigenvalue weighted by atomic mass is 35.5. The quantitative estimate of drug-likeness (QED) is 0.457. The van der Waals surface area contributed by atoms with Crippen LogP contribution < -0.4 is 15.5 Å². The summed E-state index contributed by atoms with van der Waals surface area (Å²) < 4.78 is 0. The van der Waals surface area contributed by atoms with Crippen molar-refractivity contribution >= 4 is 58.1 Å². The number of hydrogen-bond donors (Lipinski definition) is 3. The third-order valence-corrected chi connectivity index (χ3v) is 4.17. The molecule has 142 valence electrons. The van der Waals surface area contributed by atoms with Gasteiger partial charge >= 0.3 is 12.1 Å². The number of benzene rings is 3. The number of urea groups is 1. The highest BCUT2D eigenvalue weighted by Crippen LogP contribution is 2.29. The third kappa shape index (κ3) is 4.94. The van der Waals surface area contributed by atoms with Crippen LogP contribution in [0.2, 0.25) is 10.0 Å². The second-order valence-corrected chi connectivity index (χ2v) is 6.61. The number of halogens is 2. The van der Waals surface area contributed by atoms with Crippen LogP contribution in [0, 0.1) is 0 Å². The van der Waals surface area contributed by atoms with Crippen LogP contribution in [0.4, 0.5) is 32.3 Å². The van der Waals surface area contributed by atoms with E-state index in [9.17, 15) is 14.7 Å². The molecule has 8 heteroatoms. The lowest BCUT2D eigenvalue weighted by atomic mass is 10.2. The summed E-state index contributed by atoms with van der Waals surface area (Å²) in [5.41, 5.74) is 1.70. The number of carbonyl (C=O) groups is 2. The first kappa shape index (κ1) is 19.5. The zero-order valence-electron chi connectivity index (χ0n) is 14.4. The largest absolute Gasteiger partial charge is 0.464 e. The van der Waals surface area contributed by atoms with Crippen molar-refractivity contribution in [1.29, 1.82) is 0 Å². The van der Waals surface area contributed by atoms with E-state index < -0.39 is 12.1 Å². The normalized spacial score (nSPS) is 10.2. The highest BCUT2D eigenvalue weighted by molar-refractivity contribution is 6.31. The Hall–Kier alpha value is -3.22. The average molecular weight is 416 g/mol. The van der Waals surface area contributed by atoms with Crippen LogP contribution >= 0.6 is 23.2 Å². The summed E-state index contributed by atoms with van der Waals surface area (Å²) in [6.45, 7) is 0. The van der Waals surface area contributed by atoms with E-state index in [0.717, 1.165) is 4.90 Å². The first-order chi connectivity index (χ1) is 13.4. The standard InChI is InChI=1S/C20H15Cl2N3O3/c21-13-4-1-6-15(10-13)23-19(26)24-16-7-3-9-18(12-16)25(20(27)28)17-8-2-5-14(22)11-17/h1-12H,(H,27,28)(H2,23,24,26). The molecule has 0 bridgehead atoms. The maximum Gasteiger partial charge on any atom is 0.416 e. The molecule has 3 amide bonds. The Kier molecular flexibility index (Phi) is 6.03. The fourth-order valence-electron chi connectivity index (χ4n) is 2.57. The van der Waals surface area contributed by atoms with E-state index in [1.54, 1.807) is 72.8 Å². The monoisotopic (exact) mass is 415 g/mol. The highest BCUT2D eigenvalue weighted by Gasteiger charge is 2.18. The number of carboxylic acid groups (broad SMARTS) is 1. The molecule has 3 aromatic carbocycles. The molecule has 3 N–H and O–H groups in total. The maximum atomic E-state index is 12.2. The van der Waals surface area contributed by atoms with Crippen molar-refractivity contribution in [2.24, 2.45) is 0 Å². The Bertz CT molecular complexity index is 1030. The van der Waals surface area contributed by atoms with Crippen LogP contribution in [-0.4, -0.2) is 17.2 Å². The first-order valence-electron chi connectivity index (χ1n) is 8.14. The molecule has 3 rings (SSSR count). The summed E-state index contributed by atoms with van der Waals surface area (Å²) >= 11 is 11.9. The zero-order valence-corrected chi connectivity index (χ0v) is 15.9. The number of carbonyl (C=O) groups excluding carboxylic acids is 1. The third-order valence-electron chi connectivity index (χ3n) is 3.70. The molecule has 0 radical (unpaired) electrons. The number of nitrogens with zero attached hydrogens (tertiary/aromatic N) is 1. The van der Waals surface area contributed by atoms with Gasteiger partial charge in [0.2, 0.25) is 0 Å². The minimum atomic E-state index is -1.18. The van der Waals surface area contributed by atoms with Gasteiger partial charge in [-0.25, -0.2) is 14.5 Å². The van der Waals surface area contributed by atoms with Gasteiger partial charge in [0.05, 0.1) is 11.4 Å². The first-order valence-corrected chi connectivity index (χ1v) is 8.90. The lowest BCUT2D eigenvalue weighted by molar-refractivity contribution is 0.205. The Morgan fingerprint density at radius 1 is 0.750 bits per heavy atom. The van der Waals surface area contributed by atoms with Gasteiger partial charge in [-0.2, -0.15) is 0 Å². The van der Waals surface area contributed by atoms with Crippen molar-refractivity contribution in [3.05, 3.63) is 82.8 Å². The minimum Gasteiger partial charge on any atom is -0.464 e. The molecular weight excluding hydrogens is 401 g/mol. The van der Waals surface area contributed by atoms with Crippen molar-refractivity contribution in [3.8, 4) is 0 Å². The molecule has 0 aliphatic heterocycles. The molecule has 0 heterocycles. The van der Waals surface area contributed by atoms with Crippen LogP contribution in [0.3, 0.4) is 0 Å². The van der Waals surface area contributed by atoms with E-state index in [1.165, 1.54) is 0 Å². The van der Waals surface area contributed by atoms with E-state index in [-0.39, 0.29) is 0 Å². The lowest BCUT2D eigenvalue weighted by Gasteiger charge is -2.20. The summed E-state index contributed by atoms with van der Waals surface area (Å²) in [7, 11) is 0. The Balaban J connectivity index is 1.80. The van der Waals surface area contributed by atoms with E-state index in [1.807, 2.05) is 0 Å². The SMILES string of the molecule is O=C(Nc1cccc(Cl)c1)Nc1cccc(N(C(=O)O)c2cccc(Cl)c2)c1. The van der Waals surface area contributed by atoms with Crippen LogP contribution in [0.5, 0.6) is 0 Å². The second kappa shape index (κ2) is 8.65. The number of amides is 3. The van der Waals surface area contributed by atoms with Crippen molar-refractivity contribution < 1.29 is 14.7 Å². The molecule has 28 heavy (non-hydrogen) atoms. The van der Waals surface area contributed by atoms with E-state index in [4.69, 9.17) is 23.2 Å². The lowest BCUT2D eigenvalue weighted by Crippen LogP contribution is -2.24. The summed E-state index contributed by atoms with van der Waals surface area (Å²) in [6, 6.07) is 19.2. The van der Waals surface area contributed by atoms with Crippen LogP contribution in [-0.2, 0) is 0 Å². The summed E-state index contributed by atoms with van der Waals surface area (Å²) in [5.74, 6) is 0. The Morgan fingerprint density at radius 2 is 1.25 bits per heavy atom. The van der Waals surface area contributed by atoms with E-state index in [2.05, 4.69) is 10.6 Å². The van der Waals surface area contributed by atoms with Gasteiger partial charge in [-0.1, -0.05) is 41.4 Å². The topological polar surface area (TPSA) is 81.7 Å². The molecule has 0 unspecified atom stereocenters. The maximum absolute atomic E-state index is 12.2. The summed E-state index contributed by atoms with van der Waals surface area (Å²) in [4.78, 5) is 25.1. The Labute approximate surface area is 171 Å². The number of rotatable bonds is 4. The van der Waals surface area contributed by atoms with Crippen molar-refractivity contribution in [2.45, 2.75) is 0 Å². The van der Waals surface area contributed by atoms with Gasteiger partial charge in [0.15, 0.2) is 0 Å². The molecule has 0 fully saturated rings. The number of hydrogen-bond acceptors (Lipinski definition) is 2. The molecule has 3 aromatic rings. The van der Waals surface area contributed by atoms with E-state index >= 15 is 0 Å². The van der Waals surface area contributed by atoms with Gasteiger partial charge in [0.1, 0.15) is 0 Å².